The number of rotatable bonds is 3. The van der Waals surface area contributed by atoms with Gasteiger partial charge in [-0.25, -0.2) is 0 Å². The van der Waals surface area contributed by atoms with Crippen molar-refractivity contribution in [1.82, 2.24) is 4.57 Å². The zero-order valence-electron chi connectivity index (χ0n) is 19.1. The van der Waals surface area contributed by atoms with Crippen LogP contribution in [0.15, 0.2) is 78.9 Å². The van der Waals surface area contributed by atoms with E-state index in [1.54, 1.807) is 13.2 Å². The molecule has 0 unspecified atom stereocenters. The number of aromatic nitrogens is 1. The van der Waals surface area contributed by atoms with Gasteiger partial charge in [-0.3, -0.25) is 0 Å². The van der Waals surface area contributed by atoms with Gasteiger partial charge in [-0.1, -0.05) is 23.8 Å². The highest BCUT2D eigenvalue weighted by atomic mass is 19.4. The van der Waals surface area contributed by atoms with Gasteiger partial charge in [0.1, 0.15) is 5.75 Å². The van der Waals surface area contributed by atoms with Crippen molar-refractivity contribution in [2.75, 3.05) is 7.11 Å². The molecule has 0 radical (unpaired) electrons. The molecular formula is C28H19F6NO. The summed E-state index contributed by atoms with van der Waals surface area (Å²) < 4.78 is 87.5. The van der Waals surface area contributed by atoms with Crippen LogP contribution in [0, 0.1) is 6.92 Å². The number of fused-ring (bicyclic) bond motifs is 3. The summed E-state index contributed by atoms with van der Waals surface area (Å²) in [4.78, 5) is 0. The first-order valence-corrected chi connectivity index (χ1v) is 11.0. The summed E-state index contributed by atoms with van der Waals surface area (Å²) in [6, 6.07) is 18.7. The average Bonchev–Trinajstić information content (AvgIpc) is 3.15. The average molecular weight is 499 g/mol. The first-order chi connectivity index (χ1) is 17.0. The summed E-state index contributed by atoms with van der Waals surface area (Å²) >= 11 is 0. The van der Waals surface area contributed by atoms with E-state index in [9.17, 15) is 26.3 Å². The molecule has 0 bridgehead atoms. The summed E-state index contributed by atoms with van der Waals surface area (Å²) in [6.07, 6.45) is -9.18. The summed E-state index contributed by atoms with van der Waals surface area (Å²) in [5.41, 5.74) is 1.52. The van der Waals surface area contributed by atoms with Gasteiger partial charge >= 0.3 is 12.4 Å². The minimum Gasteiger partial charge on any atom is -0.497 e. The van der Waals surface area contributed by atoms with Gasteiger partial charge in [0.15, 0.2) is 0 Å². The number of methoxy groups -OCH3 is 1. The van der Waals surface area contributed by atoms with Gasteiger partial charge in [0, 0.05) is 16.3 Å². The number of halogens is 6. The van der Waals surface area contributed by atoms with E-state index in [0.29, 0.717) is 11.4 Å². The first kappa shape index (κ1) is 23.8. The van der Waals surface area contributed by atoms with Crippen molar-refractivity contribution >= 4 is 21.8 Å². The van der Waals surface area contributed by atoms with Gasteiger partial charge in [-0.15, -0.1) is 0 Å². The molecule has 1 heterocycles. The Morgan fingerprint density at radius 2 is 1.22 bits per heavy atom. The van der Waals surface area contributed by atoms with Crippen LogP contribution in [0.25, 0.3) is 38.6 Å². The smallest absolute Gasteiger partial charge is 0.416 e. The Bertz CT molecular complexity index is 1590. The van der Waals surface area contributed by atoms with Crippen LogP contribution in [0.3, 0.4) is 0 Å². The lowest BCUT2D eigenvalue weighted by Crippen LogP contribution is -2.07. The Hall–Kier alpha value is -3.94. The maximum atomic E-state index is 13.6. The lowest BCUT2D eigenvalue weighted by Gasteiger charge is -2.17. The Morgan fingerprint density at radius 1 is 0.639 bits per heavy atom. The molecule has 184 valence electrons. The van der Waals surface area contributed by atoms with Gasteiger partial charge in [-0.05, 0) is 73.2 Å². The highest BCUT2D eigenvalue weighted by Gasteiger charge is 2.32. The van der Waals surface area contributed by atoms with Gasteiger partial charge in [0.2, 0.25) is 0 Å². The van der Waals surface area contributed by atoms with Crippen molar-refractivity contribution in [3.8, 4) is 22.6 Å². The Kier molecular flexibility index (Phi) is 5.50. The minimum absolute atomic E-state index is 0.161. The van der Waals surface area contributed by atoms with E-state index in [0.717, 1.165) is 51.6 Å². The molecule has 5 aromatic rings. The number of aryl methyl sites for hydroxylation is 1. The van der Waals surface area contributed by atoms with Gasteiger partial charge in [-0.2, -0.15) is 26.3 Å². The van der Waals surface area contributed by atoms with E-state index in [-0.39, 0.29) is 11.1 Å². The summed E-state index contributed by atoms with van der Waals surface area (Å²) in [7, 11) is 1.55. The zero-order chi connectivity index (χ0) is 25.8. The maximum absolute atomic E-state index is 13.6. The van der Waals surface area contributed by atoms with Crippen LogP contribution in [0.4, 0.5) is 26.3 Å². The van der Waals surface area contributed by atoms with Crippen LogP contribution < -0.4 is 4.74 Å². The number of nitrogens with zero attached hydrogens (tertiary/aromatic N) is 1. The number of hydrogen-bond acceptors (Lipinski definition) is 1. The van der Waals surface area contributed by atoms with Crippen LogP contribution in [0.5, 0.6) is 5.75 Å². The lowest BCUT2D eigenvalue weighted by molar-refractivity contribution is -0.138. The molecule has 0 N–H and O–H groups in total. The van der Waals surface area contributed by atoms with E-state index in [1.165, 1.54) is 18.2 Å². The Labute approximate surface area is 202 Å². The zero-order valence-corrected chi connectivity index (χ0v) is 19.1. The fraction of sp³-hybridized carbons (Fsp3) is 0.143. The molecular weight excluding hydrogens is 480 g/mol. The highest BCUT2D eigenvalue weighted by Crippen LogP contribution is 2.41. The molecule has 0 fully saturated rings. The quantitative estimate of drug-likeness (QED) is 0.226. The van der Waals surface area contributed by atoms with Crippen molar-refractivity contribution in [2.45, 2.75) is 19.3 Å². The number of alkyl halides is 6. The molecule has 0 saturated heterocycles. The monoisotopic (exact) mass is 499 g/mol. The minimum atomic E-state index is -4.62. The number of hydrogen-bond donors (Lipinski definition) is 0. The van der Waals surface area contributed by atoms with E-state index in [4.69, 9.17) is 4.74 Å². The lowest BCUT2D eigenvalue weighted by atomic mass is 9.99. The van der Waals surface area contributed by atoms with Crippen LogP contribution >= 0.6 is 0 Å². The first-order valence-electron chi connectivity index (χ1n) is 11.0. The van der Waals surface area contributed by atoms with Gasteiger partial charge in [0.05, 0.1) is 35.0 Å². The Balaban J connectivity index is 1.84. The molecule has 2 nitrogen and oxygen atoms in total. The van der Waals surface area contributed by atoms with Crippen molar-refractivity contribution in [2.24, 2.45) is 0 Å². The number of ether oxygens (including phenoxy) is 1. The van der Waals surface area contributed by atoms with Crippen molar-refractivity contribution < 1.29 is 31.1 Å². The van der Waals surface area contributed by atoms with Crippen molar-refractivity contribution in [3.05, 3.63) is 95.6 Å². The topological polar surface area (TPSA) is 14.2 Å². The molecule has 0 atom stereocenters. The molecule has 0 aliphatic heterocycles. The van der Waals surface area contributed by atoms with Crippen LogP contribution in [-0.2, 0) is 12.4 Å². The van der Waals surface area contributed by atoms with Crippen LogP contribution in [-0.4, -0.2) is 11.7 Å². The van der Waals surface area contributed by atoms with Gasteiger partial charge in [0.25, 0.3) is 0 Å². The molecule has 5 rings (SSSR count). The third kappa shape index (κ3) is 4.06. The van der Waals surface area contributed by atoms with E-state index in [1.807, 2.05) is 41.8 Å². The second-order valence-corrected chi connectivity index (χ2v) is 8.54. The molecule has 0 aliphatic rings. The normalized spacial score (nSPS) is 12.4. The van der Waals surface area contributed by atoms with Crippen LogP contribution in [0.2, 0.25) is 0 Å². The molecule has 8 heteroatoms. The molecule has 0 spiro atoms. The third-order valence-electron chi connectivity index (χ3n) is 6.22. The number of benzene rings is 4. The van der Waals surface area contributed by atoms with E-state index < -0.39 is 23.5 Å². The van der Waals surface area contributed by atoms with Gasteiger partial charge < -0.3 is 9.30 Å². The molecule has 1 aromatic heterocycles. The van der Waals surface area contributed by atoms with E-state index >= 15 is 0 Å². The second kappa shape index (κ2) is 8.33. The largest absolute Gasteiger partial charge is 0.497 e. The fourth-order valence-corrected chi connectivity index (χ4v) is 4.48. The summed E-state index contributed by atoms with van der Waals surface area (Å²) in [5, 5.41) is 1.72. The van der Waals surface area contributed by atoms with Crippen molar-refractivity contribution in [1.29, 1.82) is 0 Å². The van der Waals surface area contributed by atoms with Crippen molar-refractivity contribution in [3.63, 3.8) is 0 Å². The molecule has 0 aliphatic carbocycles. The third-order valence-corrected chi connectivity index (χ3v) is 6.22. The molecule has 0 saturated carbocycles. The second-order valence-electron chi connectivity index (χ2n) is 8.54. The molecule has 36 heavy (non-hydrogen) atoms. The summed E-state index contributed by atoms with van der Waals surface area (Å²) in [6.45, 7) is 1.94. The standard InChI is InChI=1S/C28H19F6NO/c1-16-3-10-25-22(13-16)23-15-20(36-2)9-12-26(23)35(25)24-11-8-19(28(32,33)34)14-21(24)17-4-6-18(7-5-17)27(29,30)31/h3-15H,1-2H3. The molecule has 0 amide bonds. The maximum Gasteiger partial charge on any atom is 0.416 e. The SMILES string of the molecule is COc1ccc2c(c1)c1cc(C)ccc1n2-c1ccc(C(F)(F)F)cc1-c1ccc(C(F)(F)F)cc1. The van der Waals surface area contributed by atoms with E-state index in [2.05, 4.69) is 0 Å². The Morgan fingerprint density at radius 3 is 1.83 bits per heavy atom. The fourth-order valence-electron chi connectivity index (χ4n) is 4.48. The van der Waals surface area contributed by atoms with Crippen LogP contribution in [0.1, 0.15) is 16.7 Å². The predicted molar refractivity (Wildman–Crippen MR) is 128 cm³/mol. The summed E-state index contributed by atoms with van der Waals surface area (Å²) in [5.74, 6) is 0.624. The predicted octanol–water partition coefficient (Wildman–Crippen LogP) is 8.81. The highest BCUT2D eigenvalue weighted by molar-refractivity contribution is 6.10. The molecule has 4 aromatic carbocycles.